The summed E-state index contributed by atoms with van der Waals surface area (Å²) in [5.74, 6) is 2.52. The number of aryl methyl sites for hydroxylation is 1. The summed E-state index contributed by atoms with van der Waals surface area (Å²) in [7, 11) is 0. The molecule has 3 aliphatic carbocycles. The highest BCUT2D eigenvalue weighted by Gasteiger charge is 2.44. The van der Waals surface area contributed by atoms with Crippen molar-refractivity contribution in [3.05, 3.63) is 70.3 Å². The average Bonchev–Trinajstić information content (AvgIpc) is 3.08. The first kappa shape index (κ1) is 28.6. The van der Waals surface area contributed by atoms with Gasteiger partial charge in [0.2, 0.25) is 0 Å². The molecule has 2 N–H and O–H groups in total. The van der Waals surface area contributed by atoms with Gasteiger partial charge in [-0.05, 0) is 128 Å². The molecular weight excluding hydrogens is 564 g/mol. The van der Waals surface area contributed by atoms with Crippen LogP contribution in [0.4, 0.5) is 5.69 Å². The molecule has 0 radical (unpaired) electrons. The number of nitrogens with zero attached hydrogens (tertiary/aromatic N) is 1. The summed E-state index contributed by atoms with van der Waals surface area (Å²) in [5, 5.41) is 12.4. The number of hydrogen-bond acceptors (Lipinski definition) is 5. The lowest BCUT2D eigenvalue weighted by Crippen LogP contribution is -2.49. The number of benzene rings is 2. The summed E-state index contributed by atoms with van der Waals surface area (Å²) >= 11 is 8.04. The van der Waals surface area contributed by atoms with Crippen LogP contribution in [0.25, 0.3) is 0 Å². The second kappa shape index (κ2) is 11.7. The number of amides is 1. The summed E-state index contributed by atoms with van der Waals surface area (Å²) in [6.45, 7) is 4.56. The number of rotatable bonds is 1. The average molecular weight is 607 g/mol. The van der Waals surface area contributed by atoms with E-state index in [2.05, 4.69) is 40.8 Å². The molecule has 7 heteroatoms. The van der Waals surface area contributed by atoms with Crippen molar-refractivity contribution < 1.29 is 14.6 Å². The third-order valence-corrected chi connectivity index (χ3v) is 12.6. The molecule has 5 nitrogen and oxygen atoms in total. The molecule has 0 saturated heterocycles. The van der Waals surface area contributed by atoms with Gasteiger partial charge < -0.3 is 14.7 Å². The van der Waals surface area contributed by atoms with Crippen molar-refractivity contribution >= 4 is 35.1 Å². The molecule has 2 heterocycles. The normalized spacial score (nSPS) is 34.1. The van der Waals surface area contributed by atoms with Crippen molar-refractivity contribution in [3.63, 3.8) is 0 Å². The van der Waals surface area contributed by atoms with Crippen LogP contribution in [-0.4, -0.2) is 42.1 Å². The Morgan fingerprint density at radius 1 is 1.10 bits per heavy atom. The zero-order valence-electron chi connectivity index (χ0n) is 24.6. The Morgan fingerprint density at radius 3 is 2.76 bits per heavy atom. The number of anilines is 1. The Bertz CT molecular complexity index is 1360. The van der Waals surface area contributed by atoms with Crippen molar-refractivity contribution in [1.29, 1.82) is 0 Å². The summed E-state index contributed by atoms with van der Waals surface area (Å²) in [4.78, 5) is 16.1. The van der Waals surface area contributed by atoms with Gasteiger partial charge in [-0.3, -0.25) is 9.52 Å². The lowest BCUT2D eigenvalue weighted by Gasteiger charge is -2.45. The SMILES string of the molecule is C[C@@H]1C/C=C\[C@H](O)[C@@H]2CC[C@H]2CN2C[C@@]3(CCCc4cc(Cl)ccc43)COc3ccc(cc32)C(=O)NS[C@@H]1C1CCC1. The van der Waals surface area contributed by atoms with Crippen molar-refractivity contribution in [3.8, 4) is 5.75 Å². The summed E-state index contributed by atoms with van der Waals surface area (Å²) < 4.78 is 9.87. The number of hydrogen-bond donors (Lipinski definition) is 2. The second-order valence-corrected chi connectivity index (χ2v) is 15.0. The Hall–Kier alpha value is -2.15. The molecule has 2 aromatic rings. The minimum absolute atomic E-state index is 0.0320. The number of carbonyl (C=O) groups excluding carboxylic acids is 1. The first-order valence-corrected chi connectivity index (χ1v) is 17.3. The fourth-order valence-corrected chi connectivity index (χ4v) is 9.51. The maximum absolute atomic E-state index is 13.6. The molecule has 224 valence electrons. The molecule has 1 spiro atoms. The Balaban J connectivity index is 1.25. The van der Waals surface area contributed by atoms with Crippen molar-refractivity contribution in [2.45, 2.75) is 81.5 Å². The largest absolute Gasteiger partial charge is 0.490 e. The predicted octanol–water partition coefficient (Wildman–Crippen LogP) is 7.34. The van der Waals surface area contributed by atoms with E-state index < -0.39 is 6.10 Å². The third-order valence-electron chi connectivity index (χ3n) is 11.0. The molecule has 6 atom stereocenters. The number of allylic oxidation sites excluding steroid dienone is 1. The van der Waals surface area contributed by atoms with E-state index in [9.17, 15) is 9.90 Å². The molecule has 2 saturated carbocycles. The molecule has 0 aromatic heterocycles. The van der Waals surface area contributed by atoms with Gasteiger partial charge in [0.25, 0.3) is 5.91 Å². The lowest BCUT2D eigenvalue weighted by atomic mass is 9.68. The topological polar surface area (TPSA) is 61.8 Å². The van der Waals surface area contributed by atoms with Gasteiger partial charge >= 0.3 is 0 Å². The smallest absolute Gasteiger partial charge is 0.261 e. The zero-order chi connectivity index (χ0) is 28.8. The molecule has 1 amide bonds. The van der Waals surface area contributed by atoms with Crippen LogP contribution in [-0.2, 0) is 11.8 Å². The minimum atomic E-state index is -0.418. The van der Waals surface area contributed by atoms with Crippen LogP contribution in [0.1, 0.15) is 79.8 Å². The van der Waals surface area contributed by atoms with Crippen LogP contribution in [0.5, 0.6) is 5.75 Å². The zero-order valence-corrected chi connectivity index (χ0v) is 26.1. The summed E-state index contributed by atoms with van der Waals surface area (Å²) in [6, 6.07) is 12.3. The third kappa shape index (κ3) is 5.37. The van der Waals surface area contributed by atoms with Gasteiger partial charge in [-0.15, -0.1) is 0 Å². The van der Waals surface area contributed by atoms with E-state index in [1.807, 2.05) is 24.3 Å². The number of fused-ring (bicyclic) bond motifs is 4. The van der Waals surface area contributed by atoms with Crippen LogP contribution in [0, 0.1) is 23.7 Å². The summed E-state index contributed by atoms with van der Waals surface area (Å²) in [5.41, 5.74) is 4.19. The van der Waals surface area contributed by atoms with E-state index in [1.165, 1.54) is 30.4 Å². The number of ether oxygens (including phenoxy) is 1. The molecule has 0 unspecified atom stereocenters. The van der Waals surface area contributed by atoms with Gasteiger partial charge in [-0.1, -0.05) is 43.2 Å². The minimum Gasteiger partial charge on any atom is -0.490 e. The van der Waals surface area contributed by atoms with E-state index in [0.717, 1.165) is 68.1 Å². The fourth-order valence-electron chi connectivity index (χ4n) is 8.14. The molecule has 2 bridgehead atoms. The van der Waals surface area contributed by atoms with Gasteiger partial charge in [-0.2, -0.15) is 0 Å². The molecule has 2 aliphatic heterocycles. The monoisotopic (exact) mass is 606 g/mol. The van der Waals surface area contributed by atoms with E-state index >= 15 is 0 Å². The van der Waals surface area contributed by atoms with E-state index in [0.29, 0.717) is 35.2 Å². The van der Waals surface area contributed by atoms with E-state index in [4.69, 9.17) is 16.3 Å². The van der Waals surface area contributed by atoms with Crippen LogP contribution in [0.2, 0.25) is 5.02 Å². The van der Waals surface area contributed by atoms with Crippen LogP contribution >= 0.6 is 23.5 Å². The fraction of sp³-hybridized carbons (Fsp3) is 0.571. The van der Waals surface area contributed by atoms with Gasteiger partial charge in [0, 0.05) is 34.3 Å². The lowest BCUT2D eigenvalue weighted by molar-refractivity contribution is 0.0455. The van der Waals surface area contributed by atoms with E-state index in [-0.39, 0.29) is 17.2 Å². The highest BCUT2D eigenvalue weighted by atomic mass is 35.5. The van der Waals surface area contributed by atoms with Crippen molar-refractivity contribution in [2.24, 2.45) is 23.7 Å². The number of aliphatic hydroxyl groups is 1. The van der Waals surface area contributed by atoms with Gasteiger partial charge in [-0.25, -0.2) is 0 Å². The quantitative estimate of drug-likeness (QED) is 0.263. The van der Waals surface area contributed by atoms with Gasteiger partial charge in [0.05, 0.1) is 18.4 Å². The standard InChI is InChI=1S/C35H43ClN2O3S/c1-22-5-2-9-31(39)28-13-10-26(28)19-38-20-35(16-4-8-24-17-27(36)12-14-29(24)35)21-41-32-15-11-25(18-30(32)38)34(40)37-42-33(22)23-6-3-7-23/h2,9,11-12,14-15,17-18,22-23,26,28,31,33,39H,3-8,10,13,16,19-21H2,1H3,(H,37,40)/b9-2-/t22-,26+,28-,31+,33+,35+/m1/s1. The number of carbonyl (C=O) groups is 1. The maximum atomic E-state index is 13.6. The number of nitrogens with one attached hydrogen (secondary N) is 1. The number of aliphatic hydroxyl groups excluding tert-OH is 1. The van der Waals surface area contributed by atoms with E-state index in [1.54, 1.807) is 11.9 Å². The molecule has 42 heavy (non-hydrogen) atoms. The molecule has 7 rings (SSSR count). The maximum Gasteiger partial charge on any atom is 0.261 e. The Labute approximate surface area is 259 Å². The second-order valence-electron chi connectivity index (χ2n) is 13.6. The van der Waals surface area contributed by atoms with Crippen LogP contribution in [0.3, 0.4) is 0 Å². The highest BCUT2D eigenvalue weighted by Crippen LogP contribution is 2.47. The van der Waals surface area contributed by atoms with Crippen molar-refractivity contribution in [2.75, 3.05) is 24.6 Å². The highest BCUT2D eigenvalue weighted by molar-refractivity contribution is 7.98. The van der Waals surface area contributed by atoms with Crippen molar-refractivity contribution in [1.82, 2.24) is 4.72 Å². The molecule has 5 aliphatic rings. The van der Waals surface area contributed by atoms with Crippen LogP contribution in [0.15, 0.2) is 48.6 Å². The number of halogens is 1. The first-order valence-electron chi connectivity index (χ1n) is 16.0. The van der Waals surface area contributed by atoms with Gasteiger partial charge in [0.1, 0.15) is 5.75 Å². The van der Waals surface area contributed by atoms with Crippen LogP contribution < -0.4 is 14.4 Å². The predicted molar refractivity (Wildman–Crippen MR) is 172 cm³/mol. The van der Waals surface area contributed by atoms with Gasteiger partial charge in [0.15, 0.2) is 0 Å². The summed E-state index contributed by atoms with van der Waals surface area (Å²) in [6.07, 6.45) is 13.9. The first-order chi connectivity index (χ1) is 20.4. The molecule has 2 aromatic carbocycles. The molecule has 2 fully saturated rings. The Kier molecular flexibility index (Phi) is 8.00. The Morgan fingerprint density at radius 2 is 1.98 bits per heavy atom. The molecular formula is C35H43ClN2O3S.